The monoisotopic (exact) mass is 332 g/mol. The Morgan fingerprint density at radius 1 is 1.24 bits per heavy atom. The first-order valence-corrected chi connectivity index (χ1v) is 7.92. The lowest BCUT2D eigenvalue weighted by Gasteiger charge is -2.06. The van der Waals surface area contributed by atoms with Crippen molar-refractivity contribution in [2.24, 2.45) is 0 Å². The molecule has 0 unspecified atom stereocenters. The molecule has 1 amide bonds. The van der Waals surface area contributed by atoms with Crippen molar-refractivity contribution in [3.8, 4) is 11.3 Å². The molecule has 6 heteroatoms. The molecule has 0 saturated carbocycles. The summed E-state index contributed by atoms with van der Waals surface area (Å²) < 4.78 is 6.86. The topological polar surface area (TPSA) is 72.4 Å². The quantitative estimate of drug-likeness (QED) is 0.623. The van der Waals surface area contributed by atoms with Gasteiger partial charge in [-0.1, -0.05) is 12.1 Å². The second kappa shape index (κ2) is 6.24. The molecule has 0 aliphatic heterocycles. The molecule has 0 spiro atoms. The molecule has 6 nitrogen and oxygen atoms in total. The van der Waals surface area contributed by atoms with E-state index in [9.17, 15) is 4.79 Å². The first kappa shape index (κ1) is 15.1. The molecule has 4 rings (SSSR count). The Balaban J connectivity index is 1.49. The van der Waals surface area contributed by atoms with Gasteiger partial charge in [0.2, 0.25) is 0 Å². The first-order valence-electron chi connectivity index (χ1n) is 7.92. The van der Waals surface area contributed by atoms with Crippen LogP contribution in [0, 0.1) is 6.92 Å². The lowest BCUT2D eigenvalue weighted by Crippen LogP contribution is -2.25. The molecule has 0 bridgehead atoms. The van der Waals surface area contributed by atoms with Gasteiger partial charge in [-0.25, -0.2) is 4.98 Å². The van der Waals surface area contributed by atoms with Gasteiger partial charge in [0.15, 0.2) is 0 Å². The van der Waals surface area contributed by atoms with Crippen LogP contribution < -0.4 is 5.32 Å². The zero-order chi connectivity index (χ0) is 17.2. The van der Waals surface area contributed by atoms with Gasteiger partial charge in [-0.05, 0) is 36.8 Å². The molecule has 0 aromatic carbocycles. The van der Waals surface area contributed by atoms with Crippen molar-refractivity contribution in [1.82, 2.24) is 19.7 Å². The molecule has 4 heterocycles. The molecular formula is C19H16N4O2. The van der Waals surface area contributed by atoms with Crippen molar-refractivity contribution in [3.05, 3.63) is 78.3 Å². The molecule has 124 valence electrons. The number of rotatable bonds is 4. The number of nitrogens with zero attached hydrogens (tertiary/aromatic N) is 3. The highest BCUT2D eigenvalue weighted by molar-refractivity contribution is 5.94. The highest BCUT2D eigenvalue weighted by Crippen LogP contribution is 2.17. The number of hydrogen-bond donors (Lipinski definition) is 1. The van der Waals surface area contributed by atoms with E-state index >= 15 is 0 Å². The highest BCUT2D eigenvalue weighted by Gasteiger charge is 2.15. The minimum atomic E-state index is -0.157. The van der Waals surface area contributed by atoms with Crippen molar-refractivity contribution >= 4 is 11.6 Å². The van der Waals surface area contributed by atoms with Crippen LogP contribution in [0.4, 0.5) is 0 Å². The number of aromatic nitrogens is 3. The summed E-state index contributed by atoms with van der Waals surface area (Å²) in [5.74, 6) is -0.157. The number of aryl methyl sites for hydroxylation is 1. The van der Waals surface area contributed by atoms with E-state index in [1.54, 1.807) is 23.1 Å². The molecule has 0 saturated heterocycles. The Labute approximate surface area is 144 Å². The van der Waals surface area contributed by atoms with Gasteiger partial charge in [0, 0.05) is 24.5 Å². The number of hydrogen-bond acceptors (Lipinski definition) is 4. The number of furan rings is 1. The third-order valence-electron chi connectivity index (χ3n) is 4.01. The van der Waals surface area contributed by atoms with Gasteiger partial charge in [-0.3, -0.25) is 14.2 Å². The number of fused-ring (bicyclic) bond motifs is 1. The third kappa shape index (κ3) is 2.89. The summed E-state index contributed by atoms with van der Waals surface area (Å²) in [6, 6.07) is 11.4. The van der Waals surface area contributed by atoms with Gasteiger partial charge in [0.1, 0.15) is 11.3 Å². The van der Waals surface area contributed by atoms with Crippen LogP contribution in [-0.2, 0) is 6.54 Å². The SMILES string of the molecule is Cc1nc2ccccn2c1C(=O)NCc1ccc(-c2ccoc2)nc1. The Bertz CT molecular complexity index is 1020. The molecule has 0 atom stereocenters. The fourth-order valence-corrected chi connectivity index (χ4v) is 2.76. The van der Waals surface area contributed by atoms with Gasteiger partial charge in [0.05, 0.1) is 23.9 Å². The van der Waals surface area contributed by atoms with Crippen LogP contribution in [-0.4, -0.2) is 20.3 Å². The van der Waals surface area contributed by atoms with Crippen LogP contribution in [0.1, 0.15) is 21.7 Å². The maximum absolute atomic E-state index is 12.6. The van der Waals surface area contributed by atoms with E-state index in [1.165, 1.54) is 0 Å². The molecule has 4 aromatic rings. The van der Waals surface area contributed by atoms with E-state index in [0.717, 1.165) is 22.5 Å². The van der Waals surface area contributed by atoms with Gasteiger partial charge >= 0.3 is 0 Å². The van der Waals surface area contributed by atoms with Crippen molar-refractivity contribution in [2.45, 2.75) is 13.5 Å². The minimum absolute atomic E-state index is 0.157. The van der Waals surface area contributed by atoms with E-state index in [1.807, 2.05) is 49.5 Å². The smallest absolute Gasteiger partial charge is 0.270 e. The number of carbonyl (C=O) groups is 1. The average Bonchev–Trinajstić information content (AvgIpc) is 3.27. The van der Waals surface area contributed by atoms with Crippen LogP contribution in [0.3, 0.4) is 0 Å². The largest absolute Gasteiger partial charge is 0.472 e. The van der Waals surface area contributed by atoms with Crippen LogP contribution in [0.15, 0.2) is 65.7 Å². The van der Waals surface area contributed by atoms with E-state index < -0.39 is 0 Å². The van der Waals surface area contributed by atoms with Crippen molar-refractivity contribution in [3.63, 3.8) is 0 Å². The molecule has 0 aliphatic rings. The lowest BCUT2D eigenvalue weighted by molar-refractivity contribution is 0.0944. The van der Waals surface area contributed by atoms with E-state index in [0.29, 0.717) is 17.9 Å². The Morgan fingerprint density at radius 2 is 2.16 bits per heavy atom. The third-order valence-corrected chi connectivity index (χ3v) is 4.01. The van der Waals surface area contributed by atoms with E-state index in [-0.39, 0.29) is 5.91 Å². The van der Waals surface area contributed by atoms with Gasteiger partial charge < -0.3 is 9.73 Å². The van der Waals surface area contributed by atoms with Crippen LogP contribution in [0.5, 0.6) is 0 Å². The summed E-state index contributed by atoms with van der Waals surface area (Å²) in [4.78, 5) is 21.4. The Kier molecular flexibility index (Phi) is 3.78. The predicted octanol–water partition coefficient (Wildman–Crippen LogP) is 3.23. The molecule has 25 heavy (non-hydrogen) atoms. The molecule has 0 radical (unpaired) electrons. The fourth-order valence-electron chi connectivity index (χ4n) is 2.76. The maximum Gasteiger partial charge on any atom is 0.270 e. The summed E-state index contributed by atoms with van der Waals surface area (Å²) in [7, 11) is 0. The second-order valence-electron chi connectivity index (χ2n) is 5.72. The highest BCUT2D eigenvalue weighted by atomic mass is 16.3. The average molecular weight is 332 g/mol. The second-order valence-corrected chi connectivity index (χ2v) is 5.72. The van der Waals surface area contributed by atoms with Gasteiger partial charge in [-0.2, -0.15) is 0 Å². The Hall–Kier alpha value is -3.41. The number of amides is 1. The lowest BCUT2D eigenvalue weighted by atomic mass is 10.2. The molecule has 0 aliphatic carbocycles. The van der Waals surface area contributed by atoms with E-state index in [2.05, 4.69) is 15.3 Å². The number of nitrogens with one attached hydrogen (secondary N) is 1. The number of carbonyl (C=O) groups excluding carboxylic acids is 1. The predicted molar refractivity (Wildman–Crippen MR) is 93.0 cm³/mol. The normalized spacial score (nSPS) is 10.9. The summed E-state index contributed by atoms with van der Waals surface area (Å²) in [6.45, 7) is 2.24. The summed E-state index contributed by atoms with van der Waals surface area (Å²) in [6.07, 6.45) is 6.86. The van der Waals surface area contributed by atoms with Crippen molar-refractivity contribution in [2.75, 3.05) is 0 Å². The molecular weight excluding hydrogens is 316 g/mol. The molecule has 0 fully saturated rings. The van der Waals surface area contributed by atoms with Gasteiger partial charge in [0.25, 0.3) is 5.91 Å². The molecule has 4 aromatic heterocycles. The standard InChI is InChI=1S/C19H16N4O2/c1-13-18(23-8-3-2-4-17(23)22-13)19(24)21-11-14-5-6-16(20-10-14)15-7-9-25-12-15/h2-10,12H,11H2,1H3,(H,21,24). The minimum Gasteiger partial charge on any atom is -0.472 e. The summed E-state index contributed by atoms with van der Waals surface area (Å²) in [5.41, 5.74) is 4.71. The summed E-state index contributed by atoms with van der Waals surface area (Å²) in [5, 5.41) is 2.93. The number of pyridine rings is 2. The van der Waals surface area contributed by atoms with E-state index in [4.69, 9.17) is 4.42 Å². The first-order chi connectivity index (χ1) is 12.2. The maximum atomic E-state index is 12.6. The van der Waals surface area contributed by atoms with Gasteiger partial charge in [-0.15, -0.1) is 0 Å². The van der Waals surface area contributed by atoms with Crippen molar-refractivity contribution < 1.29 is 9.21 Å². The molecule has 1 N–H and O–H groups in total. The Morgan fingerprint density at radius 3 is 2.92 bits per heavy atom. The van der Waals surface area contributed by atoms with Crippen LogP contribution in [0.25, 0.3) is 16.9 Å². The summed E-state index contributed by atoms with van der Waals surface area (Å²) >= 11 is 0. The zero-order valence-corrected chi connectivity index (χ0v) is 13.6. The fraction of sp³-hybridized carbons (Fsp3) is 0.105. The van der Waals surface area contributed by atoms with Crippen LogP contribution >= 0.6 is 0 Å². The van der Waals surface area contributed by atoms with Crippen LogP contribution in [0.2, 0.25) is 0 Å². The number of imidazole rings is 1. The van der Waals surface area contributed by atoms with Crippen molar-refractivity contribution in [1.29, 1.82) is 0 Å². The zero-order valence-electron chi connectivity index (χ0n) is 13.6.